The smallest absolute Gasteiger partial charge is 0.255 e. The minimum atomic E-state index is -0.142. The summed E-state index contributed by atoms with van der Waals surface area (Å²) < 4.78 is 11.3. The second-order valence-electron chi connectivity index (χ2n) is 6.37. The van der Waals surface area contributed by atoms with Gasteiger partial charge in [0, 0.05) is 16.8 Å². The minimum absolute atomic E-state index is 0.113. The van der Waals surface area contributed by atoms with E-state index >= 15 is 0 Å². The lowest BCUT2D eigenvalue weighted by atomic mass is 10.1. The molecule has 0 aliphatic heterocycles. The standard InChI is InChI=1S/C21H27NO3/c1-6-24-20-10-8-17(12-18(20)13-25-14(2)3)21(23)22-19-9-7-15(4)16(5)11-19/h7-12,14H,6,13H2,1-5H3,(H,22,23). The van der Waals surface area contributed by atoms with Crippen molar-refractivity contribution in [1.29, 1.82) is 0 Å². The van der Waals surface area contributed by atoms with Gasteiger partial charge >= 0.3 is 0 Å². The van der Waals surface area contributed by atoms with Crippen molar-refractivity contribution in [2.45, 2.75) is 47.3 Å². The number of ether oxygens (including phenoxy) is 2. The monoisotopic (exact) mass is 341 g/mol. The molecule has 2 aromatic rings. The van der Waals surface area contributed by atoms with E-state index in [0.717, 1.165) is 22.6 Å². The first kappa shape index (κ1) is 19.0. The Labute approximate surface area is 150 Å². The van der Waals surface area contributed by atoms with Crippen molar-refractivity contribution in [1.82, 2.24) is 0 Å². The van der Waals surface area contributed by atoms with Crippen LogP contribution in [0.3, 0.4) is 0 Å². The van der Waals surface area contributed by atoms with Crippen LogP contribution in [0.4, 0.5) is 5.69 Å². The number of nitrogens with one attached hydrogen (secondary N) is 1. The van der Waals surface area contributed by atoms with E-state index in [0.29, 0.717) is 18.8 Å². The lowest BCUT2D eigenvalue weighted by Crippen LogP contribution is -2.13. The third-order valence-electron chi connectivity index (χ3n) is 3.96. The second-order valence-corrected chi connectivity index (χ2v) is 6.37. The molecular formula is C21H27NO3. The van der Waals surface area contributed by atoms with Crippen LogP contribution in [0.5, 0.6) is 5.75 Å². The average molecular weight is 341 g/mol. The van der Waals surface area contributed by atoms with Crippen molar-refractivity contribution in [2.75, 3.05) is 11.9 Å². The van der Waals surface area contributed by atoms with E-state index in [2.05, 4.69) is 5.32 Å². The fourth-order valence-corrected chi connectivity index (χ4v) is 2.41. The number of carbonyl (C=O) groups is 1. The molecule has 134 valence electrons. The van der Waals surface area contributed by atoms with Crippen LogP contribution in [0.2, 0.25) is 0 Å². The number of carbonyl (C=O) groups excluding carboxylic acids is 1. The van der Waals surface area contributed by atoms with Crippen LogP contribution in [0.15, 0.2) is 36.4 Å². The number of amides is 1. The summed E-state index contributed by atoms with van der Waals surface area (Å²) in [6.45, 7) is 11.0. The summed E-state index contributed by atoms with van der Waals surface area (Å²) >= 11 is 0. The van der Waals surface area contributed by atoms with Gasteiger partial charge in [-0.3, -0.25) is 4.79 Å². The molecule has 2 rings (SSSR count). The number of anilines is 1. The summed E-state index contributed by atoms with van der Waals surface area (Å²) in [5.74, 6) is 0.614. The molecule has 0 aromatic heterocycles. The molecule has 0 fully saturated rings. The summed E-state index contributed by atoms with van der Waals surface area (Å²) in [4.78, 5) is 12.6. The summed E-state index contributed by atoms with van der Waals surface area (Å²) in [5.41, 5.74) is 4.61. The predicted octanol–water partition coefficient (Wildman–Crippen LogP) is 4.88. The molecular weight excluding hydrogens is 314 g/mol. The highest BCUT2D eigenvalue weighted by molar-refractivity contribution is 6.04. The first-order valence-corrected chi connectivity index (χ1v) is 8.66. The largest absolute Gasteiger partial charge is 0.494 e. The van der Waals surface area contributed by atoms with Crippen LogP contribution >= 0.6 is 0 Å². The van der Waals surface area contributed by atoms with Gasteiger partial charge in [0.25, 0.3) is 5.91 Å². The summed E-state index contributed by atoms with van der Waals surface area (Å²) in [5, 5.41) is 2.95. The molecule has 0 saturated carbocycles. The van der Waals surface area contributed by atoms with Crippen molar-refractivity contribution in [2.24, 2.45) is 0 Å². The van der Waals surface area contributed by atoms with Crippen LogP contribution in [-0.2, 0) is 11.3 Å². The van der Waals surface area contributed by atoms with Crippen molar-refractivity contribution in [3.8, 4) is 5.75 Å². The zero-order valence-corrected chi connectivity index (χ0v) is 15.7. The van der Waals surface area contributed by atoms with Gasteiger partial charge in [-0.15, -0.1) is 0 Å². The maximum atomic E-state index is 12.6. The molecule has 0 atom stereocenters. The molecule has 0 aliphatic carbocycles. The third-order valence-corrected chi connectivity index (χ3v) is 3.96. The highest BCUT2D eigenvalue weighted by Crippen LogP contribution is 2.23. The van der Waals surface area contributed by atoms with Gasteiger partial charge in [-0.25, -0.2) is 0 Å². The number of hydrogen-bond acceptors (Lipinski definition) is 3. The van der Waals surface area contributed by atoms with Gasteiger partial charge in [0.2, 0.25) is 0 Å². The van der Waals surface area contributed by atoms with Gasteiger partial charge < -0.3 is 14.8 Å². The Morgan fingerprint density at radius 1 is 1.08 bits per heavy atom. The molecule has 4 heteroatoms. The minimum Gasteiger partial charge on any atom is -0.494 e. The molecule has 4 nitrogen and oxygen atoms in total. The predicted molar refractivity (Wildman–Crippen MR) is 101 cm³/mol. The van der Waals surface area contributed by atoms with E-state index in [1.807, 2.05) is 65.0 Å². The number of rotatable bonds is 7. The topological polar surface area (TPSA) is 47.6 Å². The molecule has 0 heterocycles. The third kappa shape index (κ3) is 5.33. The SMILES string of the molecule is CCOc1ccc(C(=O)Nc2ccc(C)c(C)c2)cc1COC(C)C. The van der Waals surface area contributed by atoms with Crippen LogP contribution in [0.25, 0.3) is 0 Å². The number of aryl methyl sites for hydroxylation is 2. The molecule has 1 amide bonds. The fraction of sp³-hybridized carbons (Fsp3) is 0.381. The van der Waals surface area contributed by atoms with E-state index in [4.69, 9.17) is 9.47 Å². The second kappa shape index (κ2) is 8.67. The molecule has 0 spiro atoms. The zero-order valence-electron chi connectivity index (χ0n) is 15.7. The van der Waals surface area contributed by atoms with E-state index in [9.17, 15) is 4.79 Å². The molecule has 0 bridgehead atoms. The highest BCUT2D eigenvalue weighted by Gasteiger charge is 2.12. The van der Waals surface area contributed by atoms with Crippen molar-refractivity contribution in [3.63, 3.8) is 0 Å². The zero-order chi connectivity index (χ0) is 18.4. The van der Waals surface area contributed by atoms with E-state index in [1.54, 1.807) is 6.07 Å². The fourth-order valence-electron chi connectivity index (χ4n) is 2.41. The number of benzene rings is 2. The summed E-state index contributed by atoms with van der Waals surface area (Å²) in [6.07, 6.45) is 0.113. The van der Waals surface area contributed by atoms with Gasteiger partial charge in [-0.05, 0) is 76.1 Å². The lowest BCUT2D eigenvalue weighted by Gasteiger charge is -2.14. The molecule has 25 heavy (non-hydrogen) atoms. The highest BCUT2D eigenvalue weighted by atomic mass is 16.5. The quantitative estimate of drug-likeness (QED) is 0.781. The van der Waals surface area contributed by atoms with Gasteiger partial charge in [-0.2, -0.15) is 0 Å². The van der Waals surface area contributed by atoms with Gasteiger partial charge in [0.15, 0.2) is 0 Å². The Bertz CT molecular complexity index is 738. The van der Waals surface area contributed by atoms with E-state index < -0.39 is 0 Å². The Morgan fingerprint density at radius 2 is 1.84 bits per heavy atom. The van der Waals surface area contributed by atoms with Crippen LogP contribution in [-0.4, -0.2) is 18.6 Å². The van der Waals surface area contributed by atoms with Crippen LogP contribution in [0, 0.1) is 13.8 Å². The normalized spacial score (nSPS) is 10.8. The Morgan fingerprint density at radius 3 is 2.48 bits per heavy atom. The molecule has 0 saturated heterocycles. The van der Waals surface area contributed by atoms with Crippen molar-refractivity contribution >= 4 is 11.6 Å². The summed E-state index contributed by atoms with van der Waals surface area (Å²) in [7, 11) is 0. The Balaban J connectivity index is 2.20. The molecule has 0 unspecified atom stereocenters. The first-order chi connectivity index (χ1) is 11.9. The summed E-state index contributed by atoms with van der Waals surface area (Å²) in [6, 6.07) is 11.3. The maximum Gasteiger partial charge on any atom is 0.255 e. The Kier molecular flexibility index (Phi) is 6.59. The molecule has 0 aliphatic rings. The molecule has 0 radical (unpaired) electrons. The van der Waals surface area contributed by atoms with Crippen molar-refractivity contribution < 1.29 is 14.3 Å². The lowest BCUT2D eigenvalue weighted by molar-refractivity contribution is 0.0641. The van der Waals surface area contributed by atoms with Crippen LogP contribution < -0.4 is 10.1 Å². The van der Waals surface area contributed by atoms with E-state index in [1.165, 1.54) is 5.56 Å². The van der Waals surface area contributed by atoms with Gasteiger partial charge in [0.1, 0.15) is 5.75 Å². The first-order valence-electron chi connectivity index (χ1n) is 8.66. The van der Waals surface area contributed by atoms with Crippen molar-refractivity contribution in [3.05, 3.63) is 58.7 Å². The van der Waals surface area contributed by atoms with Crippen LogP contribution in [0.1, 0.15) is 47.8 Å². The number of hydrogen-bond donors (Lipinski definition) is 1. The molecule has 1 N–H and O–H groups in total. The van der Waals surface area contributed by atoms with Gasteiger partial charge in [0.05, 0.1) is 19.3 Å². The van der Waals surface area contributed by atoms with E-state index in [-0.39, 0.29) is 12.0 Å². The average Bonchev–Trinajstić information content (AvgIpc) is 2.57. The van der Waals surface area contributed by atoms with Gasteiger partial charge in [-0.1, -0.05) is 6.07 Å². The Hall–Kier alpha value is -2.33. The maximum absolute atomic E-state index is 12.6. The molecule has 2 aromatic carbocycles.